The van der Waals surface area contributed by atoms with Gasteiger partial charge >= 0.3 is 0 Å². The lowest BCUT2D eigenvalue weighted by molar-refractivity contribution is 0.0935. The number of hydrogen-bond donors (Lipinski definition) is 3. The number of rotatable bonds is 7. The Morgan fingerprint density at radius 3 is 2.39 bits per heavy atom. The third kappa shape index (κ3) is 6.10. The first kappa shape index (κ1) is 21.9. The van der Waals surface area contributed by atoms with Crippen LogP contribution in [0.2, 0.25) is 0 Å². The third-order valence-corrected chi connectivity index (χ3v) is 4.75. The molecular weight excluding hydrogens is 338 g/mol. The minimum atomic E-state index is -3.86. The Hall–Kier alpha value is -1.15. The summed E-state index contributed by atoms with van der Waals surface area (Å²) < 4.78 is 23.3. The minimum absolute atomic E-state index is 0. The van der Waals surface area contributed by atoms with Crippen molar-refractivity contribution in [1.29, 1.82) is 0 Å². The Balaban J connectivity index is 0.00000484. The Labute approximate surface area is 144 Å². The molecule has 1 unspecified atom stereocenters. The zero-order valence-electron chi connectivity index (χ0n) is 13.8. The second-order valence-corrected chi connectivity index (χ2v) is 7.04. The van der Waals surface area contributed by atoms with Crippen molar-refractivity contribution < 1.29 is 13.2 Å². The van der Waals surface area contributed by atoms with Crippen molar-refractivity contribution in [3.05, 3.63) is 28.8 Å². The molecule has 5 N–H and O–H groups in total. The van der Waals surface area contributed by atoms with Crippen LogP contribution >= 0.6 is 12.4 Å². The lowest BCUT2D eigenvalue weighted by atomic mass is 10.0. The highest BCUT2D eigenvalue weighted by molar-refractivity contribution is 7.89. The summed E-state index contributed by atoms with van der Waals surface area (Å²) in [7, 11) is -3.86. The number of unbranched alkanes of at least 4 members (excludes halogenated alkanes) is 1. The number of nitrogens with one attached hydrogen (secondary N) is 1. The zero-order chi connectivity index (χ0) is 16.9. The molecule has 0 aliphatic carbocycles. The van der Waals surface area contributed by atoms with Gasteiger partial charge in [0, 0.05) is 18.2 Å². The Bertz CT molecular complexity index is 648. The van der Waals surface area contributed by atoms with Crippen molar-refractivity contribution in [2.45, 2.75) is 51.0 Å². The van der Waals surface area contributed by atoms with Crippen LogP contribution in [0.1, 0.15) is 47.7 Å². The molecule has 0 aliphatic rings. The van der Waals surface area contributed by atoms with E-state index in [9.17, 15) is 13.2 Å². The molecular formula is C15H26ClN3O3S. The number of hydrogen-bond acceptors (Lipinski definition) is 4. The van der Waals surface area contributed by atoms with E-state index in [4.69, 9.17) is 10.9 Å². The summed E-state index contributed by atoms with van der Waals surface area (Å²) in [5, 5.41) is 8.05. The number of halogens is 1. The molecule has 0 spiro atoms. The number of carbonyl (C=O) groups is 1. The predicted octanol–water partition coefficient (Wildman–Crippen LogP) is 1.62. The van der Waals surface area contributed by atoms with Crippen molar-refractivity contribution in [2.75, 3.05) is 6.54 Å². The fraction of sp³-hybridized carbons (Fsp3) is 0.533. The summed E-state index contributed by atoms with van der Waals surface area (Å²) >= 11 is 0. The number of primary sulfonamides is 1. The molecule has 132 valence electrons. The molecule has 1 aromatic carbocycles. The van der Waals surface area contributed by atoms with Gasteiger partial charge in [-0.05, 0) is 43.5 Å². The fourth-order valence-corrected chi connectivity index (χ4v) is 3.10. The second kappa shape index (κ2) is 9.22. The van der Waals surface area contributed by atoms with Crippen LogP contribution in [0.4, 0.5) is 0 Å². The van der Waals surface area contributed by atoms with E-state index in [-0.39, 0.29) is 34.8 Å². The Morgan fingerprint density at radius 2 is 1.91 bits per heavy atom. The van der Waals surface area contributed by atoms with Crippen molar-refractivity contribution in [1.82, 2.24) is 5.32 Å². The zero-order valence-corrected chi connectivity index (χ0v) is 15.4. The summed E-state index contributed by atoms with van der Waals surface area (Å²) in [5.41, 5.74) is 7.20. The van der Waals surface area contributed by atoms with Gasteiger partial charge in [0.2, 0.25) is 10.0 Å². The molecule has 0 aromatic heterocycles. The molecule has 0 bridgehead atoms. The molecule has 8 heteroatoms. The molecule has 0 fully saturated rings. The van der Waals surface area contributed by atoms with Gasteiger partial charge in [0.25, 0.3) is 5.91 Å². The van der Waals surface area contributed by atoms with Crippen LogP contribution in [-0.4, -0.2) is 26.9 Å². The maximum absolute atomic E-state index is 12.3. The number of carbonyl (C=O) groups excluding carboxylic acids is 1. The Morgan fingerprint density at radius 1 is 1.30 bits per heavy atom. The van der Waals surface area contributed by atoms with Crippen LogP contribution in [0.25, 0.3) is 0 Å². The van der Waals surface area contributed by atoms with Crippen LogP contribution in [0.15, 0.2) is 17.0 Å². The minimum Gasteiger partial charge on any atom is -0.348 e. The van der Waals surface area contributed by atoms with Gasteiger partial charge in [-0.2, -0.15) is 0 Å². The van der Waals surface area contributed by atoms with Crippen LogP contribution in [0.5, 0.6) is 0 Å². The van der Waals surface area contributed by atoms with Crippen LogP contribution in [0, 0.1) is 13.8 Å². The number of sulfonamides is 1. The molecule has 1 rings (SSSR count). The third-order valence-electron chi connectivity index (χ3n) is 3.71. The normalized spacial score (nSPS) is 12.4. The number of amides is 1. The standard InChI is InChI=1S/C15H25N3O3S.ClH/c1-4-5-6-13(9-16)18-15(19)12-7-10(2)11(3)14(8-12)22(17,20)21;/h7-8,13H,4-6,9,16H2,1-3H3,(H,18,19)(H2,17,20,21);1H. The SMILES string of the molecule is CCCCC(CN)NC(=O)c1cc(C)c(C)c(S(N)(=O)=O)c1.Cl. The molecule has 1 aromatic rings. The quantitative estimate of drug-likeness (QED) is 0.682. The molecule has 0 radical (unpaired) electrons. The van der Waals surface area contributed by atoms with Crippen molar-refractivity contribution in [3.63, 3.8) is 0 Å². The molecule has 0 aliphatic heterocycles. The highest BCUT2D eigenvalue weighted by Crippen LogP contribution is 2.20. The molecule has 1 amide bonds. The number of benzene rings is 1. The van der Waals surface area contributed by atoms with E-state index in [1.807, 2.05) is 0 Å². The lowest BCUT2D eigenvalue weighted by Crippen LogP contribution is -2.40. The molecule has 0 saturated carbocycles. The summed E-state index contributed by atoms with van der Waals surface area (Å²) in [6, 6.07) is 2.86. The summed E-state index contributed by atoms with van der Waals surface area (Å²) in [4.78, 5) is 12.3. The largest absolute Gasteiger partial charge is 0.348 e. The van der Waals surface area contributed by atoms with Crippen molar-refractivity contribution in [3.8, 4) is 0 Å². The van der Waals surface area contributed by atoms with E-state index in [1.54, 1.807) is 19.9 Å². The van der Waals surface area contributed by atoms with Gasteiger partial charge < -0.3 is 11.1 Å². The van der Waals surface area contributed by atoms with Gasteiger partial charge in [-0.25, -0.2) is 13.6 Å². The molecule has 6 nitrogen and oxygen atoms in total. The van der Waals surface area contributed by atoms with Gasteiger partial charge in [0.05, 0.1) is 4.90 Å². The number of nitrogens with two attached hydrogens (primary N) is 2. The van der Waals surface area contributed by atoms with Gasteiger partial charge in [0.1, 0.15) is 0 Å². The Kier molecular flexibility index (Phi) is 8.76. The van der Waals surface area contributed by atoms with Crippen molar-refractivity contribution >= 4 is 28.3 Å². The smallest absolute Gasteiger partial charge is 0.251 e. The molecule has 0 heterocycles. The van der Waals surface area contributed by atoms with Crippen LogP contribution < -0.4 is 16.2 Å². The molecule has 23 heavy (non-hydrogen) atoms. The fourth-order valence-electron chi connectivity index (χ4n) is 2.22. The van der Waals surface area contributed by atoms with Gasteiger partial charge in [-0.1, -0.05) is 19.8 Å². The first-order valence-electron chi connectivity index (χ1n) is 7.35. The van der Waals surface area contributed by atoms with E-state index < -0.39 is 10.0 Å². The average Bonchev–Trinajstić information content (AvgIpc) is 2.44. The number of aryl methyl sites for hydroxylation is 1. The maximum Gasteiger partial charge on any atom is 0.251 e. The highest BCUT2D eigenvalue weighted by Gasteiger charge is 2.19. The van der Waals surface area contributed by atoms with Gasteiger partial charge in [0.15, 0.2) is 0 Å². The van der Waals surface area contributed by atoms with E-state index in [2.05, 4.69) is 12.2 Å². The van der Waals surface area contributed by atoms with E-state index in [0.29, 0.717) is 17.7 Å². The van der Waals surface area contributed by atoms with Crippen molar-refractivity contribution in [2.24, 2.45) is 10.9 Å². The second-order valence-electron chi connectivity index (χ2n) is 5.51. The molecule has 1 atom stereocenters. The van der Waals surface area contributed by atoms with E-state index in [0.717, 1.165) is 19.3 Å². The van der Waals surface area contributed by atoms with Gasteiger partial charge in [-0.15, -0.1) is 12.4 Å². The topological polar surface area (TPSA) is 115 Å². The predicted molar refractivity (Wildman–Crippen MR) is 94.4 cm³/mol. The van der Waals surface area contributed by atoms with E-state index in [1.165, 1.54) is 6.07 Å². The monoisotopic (exact) mass is 363 g/mol. The first-order valence-corrected chi connectivity index (χ1v) is 8.90. The summed E-state index contributed by atoms with van der Waals surface area (Å²) in [5.74, 6) is -0.334. The van der Waals surface area contributed by atoms with Crippen LogP contribution in [0.3, 0.4) is 0 Å². The summed E-state index contributed by atoms with van der Waals surface area (Å²) in [6.07, 6.45) is 2.79. The van der Waals surface area contributed by atoms with Gasteiger partial charge in [-0.3, -0.25) is 4.79 Å². The highest BCUT2D eigenvalue weighted by atomic mass is 35.5. The molecule has 0 saturated heterocycles. The summed E-state index contributed by atoms with van der Waals surface area (Å²) in [6.45, 7) is 5.83. The van der Waals surface area contributed by atoms with Crippen LogP contribution in [-0.2, 0) is 10.0 Å². The lowest BCUT2D eigenvalue weighted by Gasteiger charge is -2.17. The average molecular weight is 364 g/mol. The van der Waals surface area contributed by atoms with E-state index >= 15 is 0 Å². The first-order chi connectivity index (χ1) is 10.2. The maximum atomic E-state index is 12.3.